The Bertz CT molecular complexity index is 123. The van der Waals surface area contributed by atoms with Gasteiger partial charge in [0.15, 0.2) is 6.29 Å². The third-order valence-electron chi connectivity index (χ3n) is 1.41. The standard InChI is InChI=1S/C8H20N2P/c1-9(2)6-7-10(3)8-11(4)5/h4,6-8H2,1-3,5H3/q+1. The summed E-state index contributed by atoms with van der Waals surface area (Å²) in [6.45, 7) is 4.50. The lowest BCUT2D eigenvalue weighted by atomic mass is 10.5. The van der Waals surface area contributed by atoms with Crippen molar-refractivity contribution in [2.75, 3.05) is 47.2 Å². The largest absolute Gasteiger partial charge is 0.308 e. The lowest BCUT2D eigenvalue weighted by molar-refractivity contribution is 0.312. The van der Waals surface area contributed by atoms with E-state index in [-0.39, 0.29) is 7.55 Å². The second-order valence-electron chi connectivity index (χ2n) is 3.38. The van der Waals surface area contributed by atoms with Gasteiger partial charge in [0, 0.05) is 13.1 Å². The predicted octanol–water partition coefficient (Wildman–Crippen LogP) is 0.981. The molecule has 0 fully saturated rings. The van der Waals surface area contributed by atoms with Crippen LogP contribution in [0.1, 0.15) is 0 Å². The van der Waals surface area contributed by atoms with Gasteiger partial charge >= 0.3 is 0 Å². The number of likely N-dealkylation sites (N-methyl/N-ethyl adjacent to an activating group) is 2. The zero-order chi connectivity index (χ0) is 8.85. The van der Waals surface area contributed by atoms with Crippen molar-refractivity contribution in [1.82, 2.24) is 9.80 Å². The summed E-state index contributed by atoms with van der Waals surface area (Å²) in [7, 11) is 6.35. The van der Waals surface area contributed by atoms with Gasteiger partial charge in [0.05, 0.1) is 20.5 Å². The average Bonchev–Trinajstić information content (AvgIpc) is 1.82. The molecule has 0 spiro atoms. The zero-order valence-corrected chi connectivity index (χ0v) is 9.06. The highest BCUT2D eigenvalue weighted by Crippen LogP contribution is 2.12. The summed E-state index contributed by atoms with van der Waals surface area (Å²) in [4.78, 5) is 4.55. The molecule has 0 aromatic carbocycles. The van der Waals surface area contributed by atoms with Gasteiger partial charge in [0.1, 0.15) is 0 Å². The normalized spacial score (nSPS) is 12.7. The van der Waals surface area contributed by atoms with Gasteiger partial charge < -0.3 is 4.90 Å². The highest BCUT2D eigenvalue weighted by atomic mass is 31.1. The maximum atomic E-state index is 4.02. The SMILES string of the molecule is C=[P+](C)CN(C)CCN(C)C. The lowest BCUT2D eigenvalue weighted by Gasteiger charge is -2.15. The van der Waals surface area contributed by atoms with Gasteiger partial charge in [0.2, 0.25) is 0 Å². The van der Waals surface area contributed by atoms with Crippen LogP contribution in [0.2, 0.25) is 0 Å². The van der Waals surface area contributed by atoms with Crippen LogP contribution >= 0.6 is 7.55 Å². The highest BCUT2D eigenvalue weighted by Gasteiger charge is 2.03. The van der Waals surface area contributed by atoms with Crippen molar-refractivity contribution in [2.24, 2.45) is 0 Å². The van der Waals surface area contributed by atoms with Gasteiger partial charge in [-0.15, -0.1) is 0 Å². The van der Waals surface area contributed by atoms with E-state index in [1.54, 1.807) is 0 Å². The number of hydrogen-bond acceptors (Lipinski definition) is 2. The molecule has 3 heteroatoms. The van der Waals surface area contributed by atoms with Gasteiger partial charge in [0.25, 0.3) is 0 Å². The summed E-state index contributed by atoms with van der Waals surface area (Å²) >= 11 is 0. The van der Waals surface area contributed by atoms with Crippen LogP contribution in [0.25, 0.3) is 0 Å². The Balaban J connectivity index is 3.37. The van der Waals surface area contributed by atoms with Gasteiger partial charge in [-0.25, -0.2) is 0 Å². The molecule has 0 saturated carbocycles. The minimum absolute atomic E-state index is 0.0133. The van der Waals surface area contributed by atoms with E-state index in [0.29, 0.717) is 0 Å². The molecule has 66 valence electrons. The smallest absolute Gasteiger partial charge is 0.158 e. The molecule has 0 aliphatic carbocycles. The fourth-order valence-corrected chi connectivity index (χ4v) is 1.82. The van der Waals surface area contributed by atoms with Crippen molar-refractivity contribution in [2.45, 2.75) is 0 Å². The van der Waals surface area contributed by atoms with Crippen LogP contribution in [0.15, 0.2) is 0 Å². The van der Waals surface area contributed by atoms with Crippen molar-refractivity contribution in [3.63, 3.8) is 0 Å². The Morgan fingerprint density at radius 3 is 2.09 bits per heavy atom. The first-order chi connectivity index (χ1) is 5.02. The van der Waals surface area contributed by atoms with Gasteiger partial charge in [-0.2, -0.15) is 0 Å². The molecular weight excluding hydrogens is 155 g/mol. The first kappa shape index (κ1) is 11.1. The molecule has 11 heavy (non-hydrogen) atoms. The van der Waals surface area contributed by atoms with Crippen LogP contribution in [0.3, 0.4) is 0 Å². The lowest BCUT2D eigenvalue weighted by Crippen LogP contribution is -2.28. The molecule has 0 N–H and O–H groups in total. The Morgan fingerprint density at radius 1 is 1.18 bits per heavy atom. The topological polar surface area (TPSA) is 6.48 Å². The Kier molecular flexibility index (Phi) is 5.75. The summed E-state index contributed by atoms with van der Waals surface area (Å²) in [6, 6.07) is 0. The van der Waals surface area contributed by atoms with Crippen LogP contribution < -0.4 is 0 Å². The van der Waals surface area contributed by atoms with Crippen molar-refractivity contribution < 1.29 is 0 Å². The Hall–Kier alpha value is 0.0900. The molecule has 0 rings (SSSR count). The van der Waals surface area contributed by atoms with Crippen LogP contribution in [-0.2, 0) is 0 Å². The van der Waals surface area contributed by atoms with E-state index in [0.717, 1.165) is 19.4 Å². The first-order valence-electron chi connectivity index (χ1n) is 3.87. The minimum atomic E-state index is -0.0133. The van der Waals surface area contributed by atoms with Crippen molar-refractivity contribution in [3.05, 3.63) is 0 Å². The maximum absolute atomic E-state index is 4.02. The van der Waals surface area contributed by atoms with Crippen LogP contribution in [0.4, 0.5) is 0 Å². The molecule has 1 unspecified atom stereocenters. The van der Waals surface area contributed by atoms with E-state index < -0.39 is 0 Å². The molecule has 0 radical (unpaired) electrons. The quantitative estimate of drug-likeness (QED) is 0.575. The van der Waals surface area contributed by atoms with E-state index in [1.165, 1.54) is 0 Å². The summed E-state index contributed by atoms with van der Waals surface area (Å²) in [5.74, 6) is 0. The Morgan fingerprint density at radius 2 is 1.73 bits per heavy atom. The molecule has 0 aromatic heterocycles. The molecule has 0 aromatic rings. The zero-order valence-electron chi connectivity index (χ0n) is 8.17. The number of hydrogen-bond donors (Lipinski definition) is 0. The molecule has 0 aliphatic heterocycles. The van der Waals surface area contributed by atoms with E-state index in [9.17, 15) is 0 Å². The van der Waals surface area contributed by atoms with Crippen molar-refractivity contribution in [3.8, 4) is 0 Å². The second-order valence-corrected chi connectivity index (χ2v) is 5.38. The Labute approximate surface area is 71.6 Å². The fraction of sp³-hybridized carbons (Fsp3) is 0.875. The average molecular weight is 175 g/mol. The van der Waals surface area contributed by atoms with E-state index in [1.807, 2.05) is 0 Å². The molecule has 0 heterocycles. The molecule has 2 nitrogen and oxygen atoms in total. The molecule has 0 saturated heterocycles. The number of rotatable bonds is 5. The predicted molar refractivity (Wildman–Crippen MR) is 56.0 cm³/mol. The summed E-state index contributed by atoms with van der Waals surface area (Å²) in [5, 5.41) is 0. The van der Waals surface area contributed by atoms with E-state index in [2.05, 4.69) is 43.9 Å². The molecular formula is C8H20N2P+. The molecule has 0 aliphatic rings. The van der Waals surface area contributed by atoms with Gasteiger partial charge in [-0.1, -0.05) is 0 Å². The van der Waals surface area contributed by atoms with Crippen LogP contribution in [0, 0.1) is 0 Å². The molecule has 0 bridgehead atoms. The van der Waals surface area contributed by atoms with Crippen LogP contribution in [0.5, 0.6) is 0 Å². The van der Waals surface area contributed by atoms with Gasteiger partial charge in [-0.05, 0) is 21.1 Å². The third kappa shape index (κ3) is 7.99. The van der Waals surface area contributed by atoms with Crippen molar-refractivity contribution >= 4 is 13.8 Å². The summed E-state index contributed by atoms with van der Waals surface area (Å²) in [6.07, 6.45) is 5.17. The highest BCUT2D eigenvalue weighted by molar-refractivity contribution is 7.54. The first-order valence-corrected chi connectivity index (χ1v) is 6.03. The minimum Gasteiger partial charge on any atom is -0.308 e. The van der Waals surface area contributed by atoms with E-state index >= 15 is 0 Å². The van der Waals surface area contributed by atoms with Crippen LogP contribution in [-0.4, -0.2) is 63.3 Å². The summed E-state index contributed by atoms with van der Waals surface area (Å²) < 4.78 is 0. The van der Waals surface area contributed by atoms with Gasteiger partial charge in [-0.3, -0.25) is 4.90 Å². The maximum Gasteiger partial charge on any atom is 0.158 e. The van der Waals surface area contributed by atoms with E-state index in [4.69, 9.17) is 0 Å². The summed E-state index contributed by atoms with van der Waals surface area (Å²) in [5.41, 5.74) is 0. The molecule has 1 atom stereocenters. The monoisotopic (exact) mass is 175 g/mol. The second kappa shape index (κ2) is 5.70. The number of nitrogens with zero attached hydrogens (tertiary/aromatic N) is 2. The third-order valence-corrected chi connectivity index (χ3v) is 2.38. The fourth-order valence-electron chi connectivity index (χ4n) is 0.854. The molecule has 0 amide bonds. The van der Waals surface area contributed by atoms with Crippen molar-refractivity contribution in [1.29, 1.82) is 0 Å².